The van der Waals surface area contributed by atoms with Gasteiger partial charge in [-0.15, -0.1) is 0 Å². The molecule has 3 N–H and O–H groups in total. The summed E-state index contributed by atoms with van der Waals surface area (Å²) in [5, 5.41) is 11.4. The van der Waals surface area contributed by atoms with E-state index in [0.717, 1.165) is 6.07 Å². The minimum Gasteiger partial charge on any atom is -0.409 e. The van der Waals surface area contributed by atoms with E-state index in [4.69, 9.17) is 22.5 Å². The zero-order chi connectivity index (χ0) is 13.7. The Labute approximate surface area is 109 Å². The third-order valence-electron chi connectivity index (χ3n) is 2.34. The molecule has 0 bridgehead atoms. The molecule has 1 aromatic rings. The molecule has 0 atom stereocenters. The number of carbonyl (C=O) groups excluding carboxylic acids is 1. The van der Waals surface area contributed by atoms with Crippen LogP contribution in [-0.2, 0) is 0 Å². The fourth-order valence-electron chi connectivity index (χ4n) is 1.30. The SMILES string of the molecule is CN(CC/C(N)=N/O)C(=O)c1ccc(Cl)cc1F. The molecular weight excluding hydrogens is 261 g/mol. The first-order chi connectivity index (χ1) is 8.45. The smallest absolute Gasteiger partial charge is 0.256 e. The predicted molar refractivity (Wildman–Crippen MR) is 66.4 cm³/mol. The molecule has 0 radical (unpaired) electrons. The molecule has 0 saturated heterocycles. The van der Waals surface area contributed by atoms with Crippen LogP contribution in [0.1, 0.15) is 16.8 Å². The van der Waals surface area contributed by atoms with Gasteiger partial charge < -0.3 is 15.8 Å². The molecule has 0 heterocycles. The molecule has 0 unspecified atom stereocenters. The molecule has 5 nitrogen and oxygen atoms in total. The van der Waals surface area contributed by atoms with E-state index in [9.17, 15) is 9.18 Å². The summed E-state index contributed by atoms with van der Waals surface area (Å²) in [4.78, 5) is 13.2. The largest absolute Gasteiger partial charge is 0.409 e. The average molecular weight is 274 g/mol. The lowest BCUT2D eigenvalue weighted by molar-refractivity contribution is 0.0794. The fourth-order valence-corrected chi connectivity index (χ4v) is 1.46. The summed E-state index contributed by atoms with van der Waals surface area (Å²) in [6.45, 7) is 0.219. The van der Waals surface area contributed by atoms with Crippen LogP contribution >= 0.6 is 11.6 Å². The number of benzene rings is 1. The van der Waals surface area contributed by atoms with Crippen LogP contribution in [0.3, 0.4) is 0 Å². The predicted octanol–water partition coefficient (Wildman–Crippen LogP) is 1.69. The Balaban J connectivity index is 2.74. The van der Waals surface area contributed by atoms with Gasteiger partial charge in [-0.1, -0.05) is 16.8 Å². The Morgan fingerprint density at radius 1 is 1.61 bits per heavy atom. The molecule has 18 heavy (non-hydrogen) atoms. The summed E-state index contributed by atoms with van der Waals surface area (Å²) in [6, 6.07) is 3.83. The lowest BCUT2D eigenvalue weighted by atomic mass is 10.2. The number of nitrogens with two attached hydrogens (primary N) is 1. The minimum atomic E-state index is -0.678. The molecule has 7 heteroatoms. The van der Waals surface area contributed by atoms with E-state index in [1.54, 1.807) is 0 Å². The van der Waals surface area contributed by atoms with Crippen molar-refractivity contribution in [1.29, 1.82) is 0 Å². The van der Waals surface area contributed by atoms with Crippen LogP contribution in [0.4, 0.5) is 4.39 Å². The van der Waals surface area contributed by atoms with Crippen LogP contribution in [0.25, 0.3) is 0 Å². The Morgan fingerprint density at radius 3 is 2.83 bits per heavy atom. The van der Waals surface area contributed by atoms with Crippen molar-refractivity contribution in [2.45, 2.75) is 6.42 Å². The summed E-state index contributed by atoms with van der Waals surface area (Å²) in [6.07, 6.45) is 0.202. The first kappa shape index (κ1) is 14.2. The van der Waals surface area contributed by atoms with Gasteiger partial charge in [-0.05, 0) is 18.2 Å². The van der Waals surface area contributed by atoms with Crippen molar-refractivity contribution in [2.75, 3.05) is 13.6 Å². The molecule has 98 valence electrons. The van der Waals surface area contributed by atoms with Crippen molar-refractivity contribution < 1.29 is 14.4 Å². The monoisotopic (exact) mass is 273 g/mol. The minimum absolute atomic E-state index is 0.00577. The second-order valence-corrected chi connectivity index (χ2v) is 4.13. The standard InChI is InChI=1S/C11H13ClFN3O2/c1-16(5-4-10(14)15-18)11(17)8-3-2-7(12)6-9(8)13/h2-3,6,18H,4-5H2,1H3,(H2,14,15). The lowest BCUT2D eigenvalue weighted by Gasteiger charge is -2.17. The number of amidine groups is 1. The highest BCUT2D eigenvalue weighted by atomic mass is 35.5. The maximum Gasteiger partial charge on any atom is 0.256 e. The van der Waals surface area contributed by atoms with E-state index >= 15 is 0 Å². The summed E-state index contributed by atoms with van der Waals surface area (Å²) < 4.78 is 13.5. The third-order valence-corrected chi connectivity index (χ3v) is 2.58. The first-order valence-corrected chi connectivity index (χ1v) is 5.50. The average Bonchev–Trinajstić information content (AvgIpc) is 2.34. The molecule has 0 aliphatic heterocycles. The van der Waals surface area contributed by atoms with Crippen LogP contribution in [0.15, 0.2) is 23.4 Å². The van der Waals surface area contributed by atoms with Gasteiger partial charge in [0, 0.05) is 25.0 Å². The van der Waals surface area contributed by atoms with Gasteiger partial charge in [-0.2, -0.15) is 0 Å². The Bertz CT molecular complexity index is 479. The van der Waals surface area contributed by atoms with Gasteiger partial charge in [0.15, 0.2) is 0 Å². The Hall–Kier alpha value is -1.82. The molecule has 0 saturated carbocycles. The number of hydrogen-bond acceptors (Lipinski definition) is 3. The van der Waals surface area contributed by atoms with E-state index in [-0.39, 0.29) is 29.4 Å². The topological polar surface area (TPSA) is 78.9 Å². The molecule has 1 rings (SSSR count). The number of nitrogens with zero attached hydrogens (tertiary/aromatic N) is 2. The molecule has 0 aromatic heterocycles. The van der Waals surface area contributed by atoms with E-state index in [1.165, 1.54) is 24.1 Å². The maximum absolute atomic E-state index is 13.5. The highest BCUT2D eigenvalue weighted by molar-refractivity contribution is 6.30. The number of amides is 1. The maximum atomic E-state index is 13.5. The normalized spacial score (nSPS) is 11.4. The van der Waals surface area contributed by atoms with E-state index in [1.807, 2.05) is 0 Å². The van der Waals surface area contributed by atoms with Gasteiger partial charge in [0.25, 0.3) is 5.91 Å². The molecule has 0 aliphatic carbocycles. The number of rotatable bonds is 4. The highest BCUT2D eigenvalue weighted by Crippen LogP contribution is 2.16. The van der Waals surface area contributed by atoms with Gasteiger partial charge >= 0.3 is 0 Å². The summed E-state index contributed by atoms with van der Waals surface area (Å²) >= 11 is 5.60. The first-order valence-electron chi connectivity index (χ1n) is 5.12. The number of halogens is 2. The van der Waals surface area contributed by atoms with Crippen LogP contribution in [0.5, 0.6) is 0 Å². The zero-order valence-corrected chi connectivity index (χ0v) is 10.5. The zero-order valence-electron chi connectivity index (χ0n) is 9.73. The number of hydrogen-bond donors (Lipinski definition) is 2. The lowest BCUT2D eigenvalue weighted by Crippen LogP contribution is -2.31. The Kier molecular flexibility index (Phi) is 4.91. The van der Waals surface area contributed by atoms with E-state index in [0.29, 0.717) is 0 Å². The van der Waals surface area contributed by atoms with Crippen molar-refractivity contribution in [2.24, 2.45) is 10.9 Å². The van der Waals surface area contributed by atoms with Crippen LogP contribution in [0.2, 0.25) is 5.02 Å². The van der Waals surface area contributed by atoms with Crippen LogP contribution in [0, 0.1) is 5.82 Å². The van der Waals surface area contributed by atoms with Gasteiger partial charge in [0.2, 0.25) is 0 Å². The summed E-state index contributed by atoms with van der Waals surface area (Å²) in [5.74, 6) is -1.16. The summed E-state index contributed by atoms with van der Waals surface area (Å²) in [7, 11) is 1.50. The Morgan fingerprint density at radius 2 is 2.28 bits per heavy atom. The van der Waals surface area contributed by atoms with Gasteiger partial charge in [-0.3, -0.25) is 4.79 Å². The second-order valence-electron chi connectivity index (χ2n) is 3.69. The number of carbonyl (C=O) groups is 1. The molecule has 1 amide bonds. The van der Waals surface area contributed by atoms with Crippen LogP contribution < -0.4 is 5.73 Å². The fraction of sp³-hybridized carbons (Fsp3) is 0.273. The molecular formula is C11H13ClFN3O2. The molecule has 0 aliphatic rings. The summed E-state index contributed by atoms with van der Waals surface area (Å²) in [5.41, 5.74) is 5.21. The quantitative estimate of drug-likeness (QED) is 0.379. The van der Waals surface area contributed by atoms with Crippen LogP contribution in [-0.4, -0.2) is 35.4 Å². The van der Waals surface area contributed by atoms with E-state index < -0.39 is 11.7 Å². The van der Waals surface area contributed by atoms with Crippen molar-refractivity contribution in [3.8, 4) is 0 Å². The van der Waals surface area contributed by atoms with Crippen molar-refractivity contribution >= 4 is 23.3 Å². The van der Waals surface area contributed by atoms with Crippen molar-refractivity contribution in [3.63, 3.8) is 0 Å². The second kappa shape index (κ2) is 6.20. The van der Waals surface area contributed by atoms with E-state index in [2.05, 4.69) is 5.16 Å². The van der Waals surface area contributed by atoms with Crippen molar-refractivity contribution in [3.05, 3.63) is 34.6 Å². The third kappa shape index (κ3) is 3.59. The molecule has 0 fully saturated rings. The van der Waals surface area contributed by atoms with Crippen molar-refractivity contribution in [1.82, 2.24) is 4.90 Å². The molecule has 0 spiro atoms. The van der Waals surface area contributed by atoms with Gasteiger partial charge in [0.1, 0.15) is 11.7 Å². The highest BCUT2D eigenvalue weighted by Gasteiger charge is 2.16. The van der Waals surface area contributed by atoms with Gasteiger partial charge in [-0.25, -0.2) is 4.39 Å². The molecule has 1 aromatic carbocycles. The number of oxime groups is 1. The van der Waals surface area contributed by atoms with Gasteiger partial charge in [0.05, 0.1) is 5.56 Å².